The van der Waals surface area contributed by atoms with Crippen LogP contribution < -0.4 is 20.1 Å². The van der Waals surface area contributed by atoms with Gasteiger partial charge in [-0.15, -0.1) is 0 Å². The number of ether oxygens (including phenoxy) is 2. The number of nitrogens with one attached hydrogen (secondary N) is 2. The van der Waals surface area contributed by atoms with Gasteiger partial charge in [-0.3, -0.25) is 4.79 Å². The van der Waals surface area contributed by atoms with Crippen molar-refractivity contribution >= 4 is 17.6 Å². The molecule has 0 bridgehead atoms. The van der Waals surface area contributed by atoms with Crippen molar-refractivity contribution in [1.29, 1.82) is 0 Å². The molecule has 2 N–H and O–H groups in total. The van der Waals surface area contributed by atoms with E-state index in [-0.39, 0.29) is 30.9 Å². The lowest BCUT2D eigenvalue weighted by atomic mass is 9.84. The van der Waals surface area contributed by atoms with Crippen LogP contribution in [0.1, 0.15) is 23.5 Å². The maximum atomic E-state index is 14.1. The van der Waals surface area contributed by atoms with E-state index in [4.69, 9.17) is 9.47 Å². The van der Waals surface area contributed by atoms with Crippen LogP contribution in [0.4, 0.5) is 14.9 Å². The molecule has 1 saturated heterocycles. The number of amides is 3. The molecule has 35 heavy (non-hydrogen) atoms. The van der Waals surface area contributed by atoms with Crippen LogP contribution in [0.2, 0.25) is 0 Å². The number of hydrogen-bond donors (Lipinski definition) is 2. The van der Waals surface area contributed by atoms with Crippen LogP contribution in [-0.2, 0) is 11.3 Å². The van der Waals surface area contributed by atoms with Crippen molar-refractivity contribution in [3.63, 3.8) is 0 Å². The third-order valence-electron chi connectivity index (χ3n) is 6.40. The molecule has 0 unspecified atom stereocenters. The average molecular weight is 476 g/mol. The Morgan fingerprint density at radius 2 is 1.71 bits per heavy atom. The minimum Gasteiger partial charge on any atom is -0.454 e. The third kappa shape index (κ3) is 5.21. The Hall–Kier alpha value is -4.07. The van der Waals surface area contributed by atoms with Gasteiger partial charge in [-0.2, -0.15) is 0 Å². The molecule has 8 heteroatoms. The highest BCUT2D eigenvalue weighted by Crippen LogP contribution is 2.33. The van der Waals surface area contributed by atoms with Gasteiger partial charge in [0.25, 0.3) is 0 Å². The molecule has 2 aliphatic heterocycles. The number of fused-ring (bicyclic) bond motifs is 1. The molecule has 1 fully saturated rings. The first-order valence-corrected chi connectivity index (χ1v) is 11.6. The Balaban J connectivity index is 1.29. The fourth-order valence-corrected chi connectivity index (χ4v) is 4.56. The Kier molecular flexibility index (Phi) is 6.52. The van der Waals surface area contributed by atoms with Crippen molar-refractivity contribution < 1.29 is 23.5 Å². The highest BCUT2D eigenvalue weighted by Gasteiger charge is 2.34. The molecule has 2 heterocycles. The number of carbonyl (C=O) groups excluding carboxylic acids is 2. The lowest BCUT2D eigenvalue weighted by Gasteiger charge is -2.37. The summed E-state index contributed by atoms with van der Waals surface area (Å²) in [5, 5.41) is 5.64. The lowest BCUT2D eigenvalue weighted by Crippen LogP contribution is -2.49. The molecule has 0 aliphatic carbocycles. The Morgan fingerprint density at radius 3 is 2.54 bits per heavy atom. The van der Waals surface area contributed by atoms with Gasteiger partial charge >= 0.3 is 6.03 Å². The molecule has 180 valence electrons. The maximum absolute atomic E-state index is 14.1. The first-order valence-electron chi connectivity index (χ1n) is 11.6. The van der Waals surface area contributed by atoms with Crippen molar-refractivity contribution in [2.75, 3.05) is 25.2 Å². The van der Waals surface area contributed by atoms with E-state index < -0.39 is 17.8 Å². The Bertz CT molecular complexity index is 1220. The predicted octanol–water partition coefficient (Wildman–Crippen LogP) is 4.51. The quantitative estimate of drug-likeness (QED) is 0.569. The van der Waals surface area contributed by atoms with Crippen LogP contribution in [-0.4, -0.2) is 36.7 Å². The summed E-state index contributed by atoms with van der Waals surface area (Å²) in [5.41, 5.74) is 2.07. The number of halogens is 1. The van der Waals surface area contributed by atoms with Crippen molar-refractivity contribution in [3.05, 3.63) is 89.7 Å². The lowest BCUT2D eigenvalue weighted by molar-refractivity contribution is -0.126. The number of urea groups is 1. The average Bonchev–Trinajstić information content (AvgIpc) is 3.37. The van der Waals surface area contributed by atoms with E-state index in [1.807, 2.05) is 48.5 Å². The van der Waals surface area contributed by atoms with Gasteiger partial charge in [-0.1, -0.05) is 48.5 Å². The molecule has 0 spiro atoms. The maximum Gasteiger partial charge on any atom is 0.321 e. The van der Waals surface area contributed by atoms with E-state index in [0.29, 0.717) is 31.0 Å². The number of benzene rings is 3. The molecule has 5 rings (SSSR count). The SMILES string of the molecule is O=C(NCc1ccc2c(c1)OCO2)[C@@H]1C[C@H](c2ccccc2)CN(C(=O)Nc2ccccc2F)C1. The summed E-state index contributed by atoms with van der Waals surface area (Å²) < 4.78 is 24.8. The van der Waals surface area contributed by atoms with E-state index >= 15 is 0 Å². The van der Waals surface area contributed by atoms with E-state index in [9.17, 15) is 14.0 Å². The minimum atomic E-state index is -0.504. The number of anilines is 1. The molecular formula is C27H26FN3O4. The molecule has 3 aromatic carbocycles. The van der Waals surface area contributed by atoms with Crippen molar-refractivity contribution in [2.45, 2.75) is 18.9 Å². The molecule has 3 amide bonds. The van der Waals surface area contributed by atoms with E-state index in [1.165, 1.54) is 12.1 Å². The first-order chi connectivity index (χ1) is 17.1. The van der Waals surface area contributed by atoms with Gasteiger partial charge < -0.3 is 25.0 Å². The number of hydrogen-bond acceptors (Lipinski definition) is 4. The predicted molar refractivity (Wildman–Crippen MR) is 129 cm³/mol. The van der Waals surface area contributed by atoms with Crippen molar-refractivity contribution in [2.24, 2.45) is 5.92 Å². The van der Waals surface area contributed by atoms with E-state index in [2.05, 4.69) is 10.6 Å². The number of para-hydroxylation sites is 1. The summed E-state index contributed by atoms with van der Waals surface area (Å²) >= 11 is 0. The van der Waals surface area contributed by atoms with Gasteiger partial charge in [0.05, 0.1) is 11.6 Å². The van der Waals surface area contributed by atoms with Crippen LogP contribution >= 0.6 is 0 Å². The largest absolute Gasteiger partial charge is 0.454 e. The molecule has 7 nitrogen and oxygen atoms in total. The van der Waals surface area contributed by atoms with Crippen LogP contribution in [0.3, 0.4) is 0 Å². The fraction of sp³-hybridized carbons (Fsp3) is 0.259. The number of piperidine rings is 1. The van der Waals surface area contributed by atoms with Crippen LogP contribution in [0.5, 0.6) is 11.5 Å². The molecule has 3 aromatic rings. The minimum absolute atomic E-state index is 0.0161. The summed E-state index contributed by atoms with van der Waals surface area (Å²) in [6, 6.07) is 21.0. The molecule has 0 saturated carbocycles. The second-order valence-corrected chi connectivity index (χ2v) is 8.76. The Labute approximate surface area is 202 Å². The topological polar surface area (TPSA) is 79.9 Å². The second-order valence-electron chi connectivity index (χ2n) is 8.76. The smallest absolute Gasteiger partial charge is 0.321 e. The zero-order valence-corrected chi connectivity index (χ0v) is 19.1. The second kappa shape index (κ2) is 10.0. The number of carbonyl (C=O) groups is 2. The molecule has 0 aromatic heterocycles. The molecule has 0 radical (unpaired) electrons. The summed E-state index contributed by atoms with van der Waals surface area (Å²) in [4.78, 5) is 27.8. The van der Waals surface area contributed by atoms with Crippen LogP contribution in [0, 0.1) is 11.7 Å². The van der Waals surface area contributed by atoms with Gasteiger partial charge in [-0.05, 0) is 41.8 Å². The van der Waals surface area contributed by atoms with Gasteiger partial charge in [0.15, 0.2) is 11.5 Å². The summed E-state index contributed by atoms with van der Waals surface area (Å²) in [6.07, 6.45) is 0.612. The summed E-state index contributed by atoms with van der Waals surface area (Å²) in [6.45, 7) is 1.22. The van der Waals surface area contributed by atoms with E-state index in [1.54, 1.807) is 17.0 Å². The van der Waals surface area contributed by atoms with E-state index in [0.717, 1.165) is 11.1 Å². The monoisotopic (exact) mass is 475 g/mol. The number of nitrogens with zero attached hydrogens (tertiary/aromatic N) is 1. The molecular weight excluding hydrogens is 449 g/mol. The molecule has 2 aliphatic rings. The zero-order chi connectivity index (χ0) is 24.2. The summed E-state index contributed by atoms with van der Waals surface area (Å²) in [5.74, 6) is 0.290. The van der Waals surface area contributed by atoms with Crippen LogP contribution in [0.25, 0.3) is 0 Å². The number of likely N-dealkylation sites (tertiary alicyclic amines) is 1. The van der Waals surface area contributed by atoms with Gasteiger partial charge in [0, 0.05) is 25.6 Å². The molecule has 2 atom stereocenters. The fourth-order valence-electron chi connectivity index (χ4n) is 4.56. The summed E-state index contributed by atoms with van der Waals surface area (Å²) in [7, 11) is 0. The van der Waals surface area contributed by atoms with Crippen molar-refractivity contribution in [3.8, 4) is 11.5 Å². The highest BCUT2D eigenvalue weighted by atomic mass is 19.1. The van der Waals surface area contributed by atoms with Gasteiger partial charge in [0.2, 0.25) is 12.7 Å². The van der Waals surface area contributed by atoms with Crippen LogP contribution in [0.15, 0.2) is 72.8 Å². The van der Waals surface area contributed by atoms with Gasteiger partial charge in [0.1, 0.15) is 5.82 Å². The standard InChI is InChI=1S/C27H26FN3O4/c28-22-8-4-5-9-23(22)30-27(33)31-15-20(19-6-2-1-3-7-19)13-21(16-31)26(32)29-14-18-10-11-24-25(12-18)35-17-34-24/h1-12,20-21H,13-17H2,(H,29,32)(H,30,33)/t20-,21+/m0/s1. The Morgan fingerprint density at radius 1 is 0.943 bits per heavy atom. The van der Waals surface area contributed by atoms with Crippen molar-refractivity contribution in [1.82, 2.24) is 10.2 Å². The van der Waals surface area contributed by atoms with Gasteiger partial charge in [-0.25, -0.2) is 9.18 Å². The third-order valence-corrected chi connectivity index (χ3v) is 6.40. The first kappa shape index (κ1) is 22.7. The normalized spacial score (nSPS) is 18.7. The number of rotatable bonds is 5. The highest BCUT2D eigenvalue weighted by molar-refractivity contribution is 5.90. The zero-order valence-electron chi connectivity index (χ0n) is 19.1.